The first kappa shape index (κ1) is 13.0. The van der Waals surface area contributed by atoms with Crippen LogP contribution in [0.3, 0.4) is 0 Å². The molecule has 0 bridgehead atoms. The summed E-state index contributed by atoms with van der Waals surface area (Å²) in [5.74, 6) is 0. The maximum atomic E-state index is 10.9. The number of rotatable bonds is 4. The Morgan fingerprint density at radius 3 is 2.22 bits per heavy atom. The van der Waals surface area contributed by atoms with Crippen molar-refractivity contribution in [2.75, 3.05) is 6.26 Å². The molecule has 3 nitrogen and oxygen atoms in total. The molecule has 0 aliphatic heterocycles. The minimum Gasteiger partial charge on any atom is -0.258 e. The van der Waals surface area contributed by atoms with Gasteiger partial charge in [0.25, 0.3) is 5.69 Å². The molecule has 0 amide bonds. The van der Waals surface area contributed by atoms with Gasteiger partial charge in [-0.1, -0.05) is 23.9 Å². The third-order valence-electron chi connectivity index (χ3n) is 2.35. The fraction of sp³-hybridized carbons (Fsp3) is 0.0769. The highest BCUT2D eigenvalue weighted by molar-refractivity contribution is 7.99. The zero-order valence-corrected chi connectivity index (χ0v) is 11.3. The highest BCUT2D eigenvalue weighted by Gasteiger charge is 2.13. The molecule has 92 valence electrons. The molecule has 18 heavy (non-hydrogen) atoms. The van der Waals surface area contributed by atoms with E-state index >= 15 is 0 Å². The standard InChI is InChI=1S/C13H11NO2S2/c1-17-10-6-8-11(9-7-10)18-13-5-3-2-4-12(13)14(15)16/h2-9H,1H3. The molecule has 2 rings (SSSR count). The molecule has 0 aliphatic rings. The molecule has 0 aromatic heterocycles. The molecular weight excluding hydrogens is 266 g/mol. The fourth-order valence-electron chi connectivity index (χ4n) is 1.47. The lowest BCUT2D eigenvalue weighted by atomic mass is 10.3. The minimum atomic E-state index is -0.349. The Hall–Kier alpha value is -1.46. The lowest BCUT2D eigenvalue weighted by Gasteiger charge is -2.03. The lowest BCUT2D eigenvalue weighted by Crippen LogP contribution is -1.89. The zero-order valence-electron chi connectivity index (χ0n) is 9.70. The Morgan fingerprint density at radius 1 is 1.00 bits per heavy atom. The van der Waals surface area contributed by atoms with Crippen molar-refractivity contribution < 1.29 is 4.92 Å². The number of hydrogen-bond donors (Lipinski definition) is 0. The summed E-state index contributed by atoms with van der Waals surface area (Å²) >= 11 is 3.09. The highest BCUT2D eigenvalue weighted by Crippen LogP contribution is 2.34. The van der Waals surface area contributed by atoms with Crippen LogP contribution >= 0.6 is 23.5 Å². The second kappa shape index (κ2) is 5.93. The van der Waals surface area contributed by atoms with Crippen LogP contribution in [0.2, 0.25) is 0 Å². The summed E-state index contributed by atoms with van der Waals surface area (Å²) in [6.45, 7) is 0. The molecule has 0 radical (unpaired) electrons. The van der Waals surface area contributed by atoms with Gasteiger partial charge in [0.05, 0.1) is 9.82 Å². The van der Waals surface area contributed by atoms with Crippen molar-refractivity contribution in [2.24, 2.45) is 0 Å². The smallest absolute Gasteiger partial charge is 0.258 e. The maximum Gasteiger partial charge on any atom is 0.283 e. The molecule has 0 saturated carbocycles. The van der Waals surface area contributed by atoms with Gasteiger partial charge < -0.3 is 0 Å². The Kier molecular flexibility index (Phi) is 4.28. The molecule has 0 N–H and O–H groups in total. The number of nitrogens with zero attached hydrogens (tertiary/aromatic N) is 1. The van der Waals surface area contributed by atoms with Crippen LogP contribution in [0.15, 0.2) is 63.2 Å². The van der Waals surface area contributed by atoms with Crippen molar-refractivity contribution in [1.82, 2.24) is 0 Å². The molecule has 0 fully saturated rings. The van der Waals surface area contributed by atoms with Gasteiger partial charge in [-0.2, -0.15) is 0 Å². The summed E-state index contributed by atoms with van der Waals surface area (Å²) in [6.07, 6.45) is 2.02. The number of nitro groups is 1. The second-order valence-corrected chi connectivity index (χ2v) is 5.50. The van der Waals surface area contributed by atoms with E-state index in [1.54, 1.807) is 23.9 Å². The molecule has 0 aliphatic carbocycles. The van der Waals surface area contributed by atoms with Crippen LogP contribution in [0.25, 0.3) is 0 Å². The lowest BCUT2D eigenvalue weighted by molar-refractivity contribution is -0.387. The monoisotopic (exact) mass is 277 g/mol. The molecule has 0 heterocycles. The summed E-state index contributed by atoms with van der Waals surface area (Å²) in [7, 11) is 0. The van der Waals surface area contributed by atoms with Crippen LogP contribution in [0.5, 0.6) is 0 Å². The predicted octanol–water partition coefficient (Wildman–Crippen LogP) is 4.47. The van der Waals surface area contributed by atoms with Gasteiger partial charge in [0.1, 0.15) is 0 Å². The predicted molar refractivity (Wildman–Crippen MR) is 75.4 cm³/mol. The van der Waals surface area contributed by atoms with Gasteiger partial charge in [0.2, 0.25) is 0 Å². The molecule has 0 spiro atoms. The number of hydrogen-bond acceptors (Lipinski definition) is 4. The van der Waals surface area contributed by atoms with Gasteiger partial charge in [0.15, 0.2) is 0 Å². The quantitative estimate of drug-likeness (QED) is 0.470. The number of benzene rings is 2. The molecule has 0 saturated heterocycles. The van der Waals surface area contributed by atoms with E-state index in [2.05, 4.69) is 0 Å². The SMILES string of the molecule is CSc1ccc(Sc2ccccc2[N+](=O)[O-])cc1. The number of para-hydroxylation sites is 1. The van der Waals surface area contributed by atoms with Crippen molar-refractivity contribution in [2.45, 2.75) is 14.7 Å². The average Bonchev–Trinajstić information content (AvgIpc) is 2.40. The van der Waals surface area contributed by atoms with Crippen molar-refractivity contribution in [1.29, 1.82) is 0 Å². The molecular formula is C13H11NO2S2. The van der Waals surface area contributed by atoms with Gasteiger partial charge >= 0.3 is 0 Å². The van der Waals surface area contributed by atoms with Crippen molar-refractivity contribution in [3.63, 3.8) is 0 Å². The summed E-state index contributed by atoms with van der Waals surface area (Å²) in [5, 5.41) is 10.9. The zero-order chi connectivity index (χ0) is 13.0. The molecule has 2 aromatic rings. The minimum absolute atomic E-state index is 0.149. The van der Waals surface area contributed by atoms with Gasteiger partial charge in [-0.05, 0) is 36.6 Å². The van der Waals surface area contributed by atoms with E-state index in [9.17, 15) is 10.1 Å². The topological polar surface area (TPSA) is 43.1 Å². The summed E-state index contributed by atoms with van der Waals surface area (Å²) in [5.41, 5.74) is 0.149. The first-order chi connectivity index (χ1) is 8.70. The van der Waals surface area contributed by atoms with Gasteiger partial charge in [-0.25, -0.2) is 0 Å². The highest BCUT2D eigenvalue weighted by atomic mass is 32.2. The Morgan fingerprint density at radius 2 is 1.61 bits per heavy atom. The van der Waals surface area contributed by atoms with Crippen LogP contribution in [-0.2, 0) is 0 Å². The van der Waals surface area contributed by atoms with Gasteiger partial charge in [0, 0.05) is 15.9 Å². The Bertz CT molecular complexity index is 555. The maximum absolute atomic E-state index is 10.9. The molecule has 0 atom stereocenters. The van der Waals surface area contributed by atoms with Crippen LogP contribution in [0, 0.1) is 10.1 Å². The van der Waals surface area contributed by atoms with Crippen LogP contribution in [0.1, 0.15) is 0 Å². The third kappa shape index (κ3) is 3.05. The summed E-state index contributed by atoms with van der Waals surface area (Å²) < 4.78 is 0. The average molecular weight is 277 g/mol. The van der Waals surface area contributed by atoms with E-state index in [1.165, 1.54) is 22.7 Å². The summed E-state index contributed by atoms with van der Waals surface area (Å²) in [4.78, 5) is 13.4. The first-order valence-corrected chi connectivity index (χ1v) is 7.30. The van der Waals surface area contributed by atoms with E-state index in [1.807, 2.05) is 36.6 Å². The van der Waals surface area contributed by atoms with Crippen LogP contribution < -0.4 is 0 Å². The fourth-order valence-corrected chi connectivity index (χ4v) is 2.79. The normalized spacial score (nSPS) is 10.3. The number of thioether (sulfide) groups is 1. The largest absolute Gasteiger partial charge is 0.283 e. The van der Waals surface area contributed by atoms with Crippen LogP contribution in [0.4, 0.5) is 5.69 Å². The Balaban J connectivity index is 2.25. The molecule has 5 heteroatoms. The van der Waals surface area contributed by atoms with Crippen molar-refractivity contribution >= 4 is 29.2 Å². The van der Waals surface area contributed by atoms with Gasteiger partial charge in [-0.3, -0.25) is 10.1 Å². The Labute approximate surface area is 114 Å². The molecule has 2 aromatic carbocycles. The first-order valence-electron chi connectivity index (χ1n) is 5.26. The number of nitro benzene ring substituents is 1. The van der Waals surface area contributed by atoms with E-state index < -0.39 is 0 Å². The van der Waals surface area contributed by atoms with E-state index in [4.69, 9.17) is 0 Å². The van der Waals surface area contributed by atoms with Gasteiger partial charge in [-0.15, -0.1) is 11.8 Å². The summed E-state index contributed by atoms with van der Waals surface area (Å²) in [6, 6.07) is 14.8. The van der Waals surface area contributed by atoms with Crippen molar-refractivity contribution in [3.8, 4) is 0 Å². The van der Waals surface area contributed by atoms with Crippen molar-refractivity contribution in [3.05, 3.63) is 58.6 Å². The third-order valence-corrected chi connectivity index (χ3v) is 4.17. The van der Waals surface area contributed by atoms with Crippen LogP contribution in [-0.4, -0.2) is 11.2 Å². The molecule has 0 unspecified atom stereocenters. The van der Waals surface area contributed by atoms with E-state index in [-0.39, 0.29) is 10.6 Å². The van der Waals surface area contributed by atoms with E-state index in [0.29, 0.717) is 4.90 Å². The second-order valence-electron chi connectivity index (χ2n) is 3.50. The van der Waals surface area contributed by atoms with E-state index in [0.717, 1.165) is 4.90 Å².